The third-order valence-electron chi connectivity index (χ3n) is 14.3. The van der Waals surface area contributed by atoms with Crippen molar-refractivity contribution in [3.63, 3.8) is 0 Å². The van der Waals surface area contributed by atoms with E-state index in [0.717, 1.165) is 12.5 Å². The van der Waals surface area contributed by atoms with Gasteiger partial charge in [0.1, 0.15) is 64.5 Å². The number of nitrogens with zero attached hydrogens (tertiary/aromatic N) is 8. The lowest BCUT2D eigenvalue weighted by atomic mass is 9.95. The van der Waals surface area contributed by atoms with Crippen molar-refractivity contribution in [2.75, 3.05) is 61.8 Å². The van der Waals surface area contributed by atoms with Crippen LogP contribution in [0.5, 0.6) is 23.4 Å². The fraction of sp³-hybridized carbons (Fsp3) is 0.448. The van der Waals surface area contributed by atoms with Gasteiger partial charge in [0.05, 0.1) is 49.2 Å². The van der Waals surface area contributed by atoms with Gasteiger partial charge in [-0.15, -0.1) is 0 Å². The number of hydrogen-bond donors (Lipinski definition) is 0. The highest BCUT2D eigenvalue weighted by Gasteiger charge is 2.50. The van der Waals surface area contributed by atoms with Crippen molar-refractivity contribution in [3.8, 4) is 34.6 Å². The normalized spacial score (nSPS) is 17.8. The van der Waals surface area contributed by atoms with Crippen LogP contribution >= 0.6 is 0 Å². The SMILES string of the molecule is COc1ccc(CN(Cc2ccc(OC)cc2)c2cc(C)c(C(F)(F)F)c(-c3nc4c5c(nc(OC[C@@]67CCCN6C[C@H](F)C7)nc5c3F)N([C@H](C)c3cccnc3N(C(=O)OC(C)(C)C)C(=O)OC(C)(C)C)CCO4)c2F)cc1. The maximum Gasteiger partial charge on any atom is 0.425 e. The first-order valence-corrected chi connectivity index (χ1v) is 26.2. The maximum absolute atomic E-state index is 18.3. The fourth-order valence-electron chi connectivity index (χ4n) is 10.7. The molecule has 80 heavy (non-hydrogen) atoms. The highest BCUT2D eigenvalue weighted by molar-refractivity contribution is 6.09. The average molecular weight is 1120 g/mol. The lowest BCUT2D eigenvalue weighted by Gasteiger charge is -2.33. The standard InChI is InChI=1S/C58H64F6N8O8/c1-33-27-41(69(29-35-14-18-38(75-9)19-15-35)30-36-16-20-39(76-10)21-17-36)45(60)42(44(33)58(62,63)64)47-46(61)48-43-50(68-52(67-48)78-32-57-22-12-24-70(57)31-37(59)28-57)71(25-26-77-51(43)66-47)34(2)40-13-11-23-65-49(40)72(53(73)79-55(3,4)5)54(74)80-56(6,7)8/h11,13-21,23,27,34,37H,12,22,24-26,28-32H2,1-10H3/t34-,37-,57+/m1/s1. The molecule has 0 unspecified atom stereocenters. The van der Waals surface area contributed by atoms with Crippen LogP contribution in [0.1, 0.15) is 102 Å². The Morgan fingerprint density at radius 2 is 1.46 bits per heavy atom. The van der Waals surface area contributed by atoms with Crippen LogP contribution in [0.3, 0.4) is 0 Å². The van der Waals surface area contributed by atoms with Gasteiger partial charge in [-0.1, -0.05) is 30.3 Å². The van der Waals surface area contributed by atoms with Crippen LogP contribution in [0, 0.1) is 18.6 Å². The molecule has 22 heteroatoms. The van der Waals surface area contributed by atoms with Crippen molar-refractivity contribution >= 4 is 40.4 Å². The smallest absolute Gasteiger partial charge is 0.425 e. The lowest BCUT2D eigenvalue weighted by Crippen LogP contribution is -2.45. The fourth-order valence-corrected chi connectivity index (χ4v) is 10.7. The molecule has 0 spiro atoms. The monoisotopic (exact) mass is 1110 g/mol. The number of aromatic nitrogens is 4. The molecule has 0 bridgehead atoms. The van der Waals surface area contributed by atoms with E-state index in [2.05, 4.69) is 15.0 Å². The molecule has 9 rings (SSSR count). The summed E-state index contributed by atoms with van der Waals surface area (Å²) in [6, 6.07) is 16.6. The molecular formula is C58H64F6N8O8. The van der Waals surface area contributed by atoms with E-state index in [1.807, 2.05) is 4.90 Å². The van der Waals surface area contributed by atoms with Crippen molar-refractivity contribution in [1.29, 1.82) is 0 Å². The minimum Gasteiger partial charge on any atom is -0.497 e. The van der Waals surface area contributed by atoms with E-state index in [4.69, 9.17) is 33.4 Å². The van der Waals surface area contributed by atoms with Gasteiger partial charge >= 0.3 is 24.4 Å². The second-order valence-electron chi connectivity index (χ2n) is 22.3. The van der Waals surface area contributed by atoms with Crippen LogP contribution in [0.4, 0.5) is 53.3 Å². The van der Waals surface area contributed by atoms with Crippen molar-refractivity contribution in [2.45, 2.75) is 123 Å². The number of aryl methyl sites for hydroxylation is 1. The number of anilines is 3. The number of rotatable bonds is 14. The van der Waals surface area contributed by atoms with Crippen LogP contribution in [-0.2, 0) is 28.7 Å². The number of carbonyl (C=O) groups is 2. The molecule has 2 amide bonds. The number of imide groups is 1. The molecule has 3 aliphatic rings. The van der Waals surface area contributed by atoms with E-state index in [1.54, 1.807) is 119 Å². The Labute approximate surface area is 459 Å². The minimum atomic E-state index is -5.25. The van der Waals surface area contributed by atoms with E-state index in [1.165, 1.54) is 27.3 Å². The summed E-state index contributed by atoms with van der Waals surface area (Å²) in [5, 5.41) is -0.211. The molecule has 3 aromatic heterocycles. The van der Waals surface area contributed by atoms with Gasteiger partial charge in [-0.3, -0.25) is 4.90 Å². The molecule has 0 saturated carbocycles. The number of ether oxygens (including phenoxy) is 6. The summed E-state index contributed by atoms with van der Waals surface area (Å²) in [7, 11) is 3.00. The van der Waals surface area contributed by atoms with E-state index < -0.39 is 98.7 Å². The highest BCUT2D eigenvalue weighted by Crippen LogP contribution is 2.49. The molecular weight excluding hydrogens is 1050 g/mol. The molecule has 426 valence electrons. The van der Waals surface area contributed by atoms with E-state index in [-0.39, 0.29) is 74.1 Å². The molecule has 0 N–H and O–H groups in total. The van der Waals surface area contributed by atoms with Gasteiger partial charge in [0.15, 0.2) is 17.5 Å². The van der Waals surface area contributed by atoms with Crippen molar-refractivity contribution < 1.29 is 64.4 Å². The van der Waals surface area contributed by atoms with Crippen molar-refractivity contribution in [2.24, 2.45) is 0 Å². The summed E-state index contributed by atoms with van der Waals surface area (Å²) in [5.74, 6) is -2.49. The molecule has 3 aromatic carbocycles. The molecule has 2 fully saturated rings. The zero-order chi connectivity index (χ0) is 57.6. The number of amides is 2. The molecule has 0 radical (unpaired) electrons. The second-order valence-corrected chi connectivity index (χ2v) is 22.3. The van der Waals surface area contributed by atoms with E-state index in [0.29, 0.717) is 40.5 Å². The number of carbonyl (C=O) groups excluding carboxylic acids is 2. The van der Waals surface area contributed by atoms with Gasteiger partial charge in [-0.2, -0.15) is 28.0 Å². The largest absolute Gasteiger partial charge is 0.497 e. The third-order valence-corrected chi connectivity index (χ3v) is 14.3. The Bertz CT molecular complexity index is 3210. The van der Waals surface area contributed by atoms with Crippen LogP contribution in [0.2, 0.25) is 0 Å². The van der Waals surface area contributed by atoms with Crippen LogP contribution in [0.25, 0.3) is 22.2 Å². The molecule has 16 nitrogen and oxygen atoms in total. The zero-order valence-corrected chi connectivity index (χ0v) is 46.3. The Morgan fingerprint density at radius 3 is 2.04 bits per heavy atom. The Hall–Kier alpha value is -7.62. The number of benzene rings is 3. The topological polar surface area (TPSA) is 154 Å². The predicted molar refractivity (Wildman–Crippen MR) is 287 cm³/mol. The van der Waals surface area contributed by atoms with Gasteiger partial charge in [0.25, 0.3) is 0 Å². The summed E-state index contributed by atoms with van der Waals surface area (Å²) in [6.07, 6.45) is -5.73. The van der Waals surface area contributed by atoms with Gasteiger partial charge in [0, 0.05) is 37.8 Å². The summed E-state index contributed by atoms with van der Waals surface area (Å²) >= 11 is 0. The molecule has 3 atom stereocenters. The Kier molecular flexibility index (Phi) is 15.8. The molecule has 3 aliphatic heterocycles. The number of alkyl halides is 4. The quantitative estimate of drug-likeness (QED) is 0.0950. The number of pyridine rings is 2. The van der Waals surface area contributed by atoms with Crippen molar-refractivity contribution in [1.82, 2.24) is 24.8 Å². The number of halogens is 6. The first kappa shape index (κ1) is 57.1. The lowest BCUT2D eigenvalue weighted by molar-refractivity contribution is -0.137. The summed E-state index contributed by atoms with van der Waals surface area (Å²) < 4.78 is 133. The summed E-state index contributed by atoms with van der Waals surface area (Å²) in [5.41, 5.74) is -6.42. The molecule has 0 aliphatic carbocycles. The van der Waals surface area contributed by atoms with Crippen LogP contribution in [0.15, 0.2) is 72.9 Å². The van der Waals surface area contributed by atoms with Gasteiger partial charge in [-0.25, -0.2) is 32.7 Å². The van der Waals surface area contributed by atoms with E-state index >= 15 is 26.3 Å². The molecule has 6 aromatic rings. The van der Waals surface area contributed by atoms with E-state index in [9.17, 15) is 9.59 Å². The Morgan fingerprint density at radius 1 is 0.850 bits per heavy atom. The number of methoxy groups -OCH3 is 2. The van der Waals surface area contributed by atoms with Crippen molar-refractivity contribution in [3.05, 3.63) is 112 Å². The van der Waals surface area contributed by atoms with Gasteiger partial charge < -0.3 is 38.2 Å². The summed E-state index contributed by atoms with van der Waals surface area (Å²) in [6.45, 7) is 12.9. The molecule has 6 heterocycles. The maximum atomic E-state index is 18.3. The van der Waals surface area contributed by atoms with Gasteiger partial charge in [-0.05, 0) is 128 Å². The third kappa shape index (κ3) is 11.8. The molecule has 2 saturated heterocycles. The predicted octanol–water partition coefficient (Wildman–Crippen LogP) is 12.5. The number of hydrogen-bond acceptors (Lipinski definition) is 15. The second kappa shape index (κ2) is 22.1. The zero-order valence-electron chi connectivity index (χ0n) is 46.3. The Balaban J connectivity index is 1.24. The van der Waals surface area contributed by atoms with Crippen LogP contribution < -0.4 is 33.6 Å². The summed E-state index contributed by atoms with van der Waals surface area (Å²) in [4.78, 5) is 52.2. The van der Waals surface area contributed by atoms with Gasteiger partial charge in [0.2, 0.25) is 5.88 Å². The number of fused-ring (bicyclic) bond motifs is 1. The first-order valence-electron chi connectivity index (χ1n) is 26.2. The van der Waals surface area contributed by atoms with Crippen LogP contribution in [-0.4, -0.2) is 107 Å². The first-order chi connectivity index (χ1) is 37.8. The highest BCUT2D eigenvalue weighted by atomic mass is 19.4. The average Bonchev–Trinajstić information content (AvgIpc) is 3.99. The minimum absolute atomic E-state index is 0.0154.